The number of hydrogen-bond acceptors (Lipinski definition) is 9. The number of anilines is 1. The molecule has 1 amide bonds. The Morgan fingerprint density at radius 2 is 1.54 bits per heavy atom. The van der Waals surface area contributed by atoms with E-state index in [0.29, 0.717) is 35.1 Å². The largest absolute Gasteiger partial charge is 0.494 e. The van der Waals surface area contributed by atoms with Crippen molar-refractivity contribution in [1.29, 1.82) is 0 Å². The first-order chi connectivity index (χ1) is 18.1. The summed E-state index contributed by atoms with van der Waals surface area (Å²) in [4.78, 5) is 22.2. The van der Waals surface area contributed by atoms with Crippen LogP contribution in [-0.4, -0.2) is 103 Å². The molecule has 0 saturated heterocycles. The van der Waals surface area contributed by atoms with Gasteiger partial charge >= 0.3 is 0 Å². The number of ether oxygens (including phenoxy) is 3. The Hall–Kier alpha value is -2.32. The number of carbonyl (C=O) groups is 1. The van der Waals surface area contributed by atoms with E-state index in [0.717, 1.165) is 10.3 Å². The molecule has 0 radical (unpaired) electrons. The van der Waals surface area contributed by atoms with Crippen molar-refractivity contribution in [3.05, 3.63) is 47.5 Å². The molecule has 0 spiro atoms. The summed E-state index contributed by atoms with van der Waals surface area (Å²) in [7, 11) is 4.72. The van der Waals surface area contributed by atoms with Crippen LogP contribution in [-0.2, 0) is 19.5 Å². The highest BCUT2D eigenvalue weighted by atomic mass is 35.5. The summed E-state index contributed by atoms with van der Waals surface area (Å²) >= 11 is 1.43. The minimum absolute atomic E-state index is 0. The lowest BCUT2D eigenvalue weighted by molar-refractivity contribution is 0.0985. The lowest BCUT2D eigenvalue weighted by Gasteiger charge is -2.23. The number of amides is 1. The maximum atomic E-state index is 13.7. The molecule has 0 N–H and O–H groups in total. The number of methoxy groups -OCH3 is 3. The van der Waals surface area contributed by atoms with Crippen LogP contribution in [0.15, 0.2) is 41.3 Å². The number of benzene rings is 2. The fourth-order valence-corrected chi connectivity index (χ4v) is 6.26. The third-order valence-electron chi connectivity index (χ3n) is 5.99. The number of carbonyl (C=O) groups excluding carboxylic acids is 1. The number of fused-ring (bicyclic) bond motifs is 1. The summed E-state index contributed by atoms with van der Waals surface area (Å²) in [6.45, 7) is 3.94. The molecule has 0 aliphatic rings. The molecule has 39 heavy (non-hydrogen) atoms. The zero-order chi connectivity index (χ0) is 27.9. The minimum atomic E-state index is -3.79. The average Bonchev–Trinajstić information content (AvgIpc) is 3.35. The second kappa shape index (κ2) is 14.9. The predicted octanol–water partition coefficient (Wildman–Crippen LogP) is 3.53. The van der Waals surface area contributed by atoms with E-state index in [1.54, 1.807) is 24.1 Å². The summed E-state index contributed by atoms with van der Waals surface area (Å²) in [6, 6.07) is 9.85. The van der Waals surface area contributed by atoms with Crippen LogP contribution >= 0.6 is 23.7 Å². The van der Waals surface area contributed by atoms with Gasteiger partial charge in [0.2, 0.25) is 10.0 Å². The molecule has 13 heteroatoms. The third-order valence-corrected chi connectivity index (χ3v) is 9.11. The fraction of sp³-hybridized carbons (Fsp3) is 0.462. The quantitative estimate of drug-likeness (QED) is 0.277. The van der Waals surface area contributed by atoms with Crippen LogP contribution in [0.25, 0.3) is 10.2 Å². The second-order valence-corrected chi connectivity index (χ2v) is 11.8. The van der Waals surface area contributed by atoms with Crippen LogP contribution < -0.4 is 9.64 Å². The van der Waals surface area contributed by atoms with Gasteiger partial charge in [0, 0.05) is 46.0 Å². The van der Waals surface area contributed by atoms with Crippen molar-refractivity contribution in [2.24, 2.45) is 0 Å². The Kier molecular flexibility index (Phi) is 12.6. The summed E-state index contributed by atoms with van der Waals surface area (Å²) in [5, 5.41) is 0.557. The van der Waals surface area contributed by atoms with E-state index in [2.05, 4.69) is 0 Å². The van der Waals surface area contributed by atoms with Gasteiger partial charge in [-0.25, -0.2) is 13.4 Å². The van der Waals surface area contributed by atoms with Crippen LogP contribution in [0.5, 0.6) is 5.75 Å². The zero-order valence-corrected chi connectivity index (χ0v) is 25.6. The Labute approximate surface area is 240 Å². The molecular weight excluding hydrogens is 564 g/mol. The fourth-order valence-electron chi connectivity index (χ4n) is 3.78. The first-order valence-corrected chi connectivity index (χ1v) is 14.4. The van der Waals surface area contributed by atoms with Crippen LogP contribution in [0.4, 0.5) is 5.13 Å². The van der Waals surface area contributed by atoms with Crippen molar-refractivity contribution in [2.45, 2.75) is 11.8 Å². The Morgan fingerprint density at radius 3 is 2.08 bits per heavy atom. The number of aryl methyl sites for hydroxylation is 1. The van der Waals surface area contributed by atoms with Gasteiger partial charge in [-0.2, -0.15) is 4.31 Å². The van der Waals surface area contributed by atoms with E-state index in [1.807, 2.05) is 38.1 Å². The molecule has 1 heterocycles. The average molecular weight is 601 g/mol. The number of rotatable bonds is 14. The van der Waals surface area contributed by atoms with Crippen molar-refractivity contribution in [3.63, 3.8) is 0 Å². The van der Waals surface area contributed by atoms with Crippen LogP contribution in [0.1, 0.15) is 15.9 Å². The Bertz CT molecular complexity index is 1320. The van der Waals surface area contributed by atoms with Crippen LogP contribution in [0.3, 0.4) is 0 Å². The molecule has 2 aromatic carbocycles. The first kappa shape index (κ1) is 32.9. The van der Waals surface area contributed by atoms with Crippen LogP contribution in [0.2, 0.25) is 0 Å². The van der Waals surface area contributed by atoms with Gasteiger partial charge in [-0.15, -0.1) is 12.4 Å². The molecule has 0 bridgehead atoms. The van der Waals surface area contributed by atoms with Gasteiger partial charge in [0.05, 0.1) is 29.9 Å². The summed E-state index contributed by atoms with van der Waals surface area (Å²) in [6.07, 6.45) is 0. The van der Waals surface area contributed by atoms with Crippen molar-refractivity contribution in [1.82, 2.24) is 14.2 Å². The van der Waals surface area contributed by atoms with E-state index in [1.165, 1.54) is 42.0 Å². The van der Waals surface area contributed by atoms with Gasteiger partial charge in [0.1, 0.15) is 11.3 Å². The van der Waals surface area contributed by atoms with Gasteiger partial charge in [-0.1, -0.05) is 17.4 Å². The lowest BCUT2D eigenvalue weighted by atomic mass is 10.2. The van der Waals surface area contributed by atoms with E-state index < -0.39 is 10.0 Å². The number of likely N-dealkylation sites (N-methyl/N-ethyl adjacent to an activating group) is 1. The summed E-state index contributed by atoms with van der Waals surface area (Å²) < 4.78 is 44.4. The molecule has 0 aliphatic heterocycles. The molecule has 0 atom stereocenters. The van der Waals surface area contributed by atoms with Gasteiger partial charge in [0.15, 0.2) is 5.13 Å². The van der Waals surface area contributed by atoms with E-state index >= 15 is 0 Å². The molecular formula is C26H37ClN4O6S2. The van der Waals surface area contributed by atoms with Crippen molar-refractivity contribution < 1.29 is 27.4 Å². The molecule has 3 rings (SSSR count). The van der Waals surface area contributed by atoms with Crippen molar-refractivity contribution >= 4 is 55.0 Å². The number of nitrogens with zero attached hydrogens (tertiary/aromatic N) is 4. The molecule has 0 fully saturated rings. The Morgan fingerprint density at radius 1 is 0.923 bits per heavy atom. The summed E-state index contributed by atoms with van der Waals surface area (Å²) in [5.41, 5.74) is 2.13. The smallest absolute Gasteiger partial charge is 0.260 e. The third kappa shape index (κ3) is 7.88. The second-order valence-electron chi connectivity index (χ2n) is 8.93. The van der Waals surface area contributed by atoms with E-state index in [4.69, 9.17) is 19.2 Å². The van der Waals surface area contributed by atoms with Gasteiger partial charge in [0.25, 0.3) is 5.91 Å². The van der Waals surface area contributed by atoms with Gasteiger partial charge in [-0.05, 0) is 56.9 Å². The maximum Gasteiger partial charge on any atom is 0.260 e. The predicted molar refractivity (Wildman–Crippen MR) is 157 cm³/mol. The molecule has 0 saturated carbocycles. The topological polar surface area (TPSA) is 102 Å². The molecule has 0 unspecified atom stereocenters. The molecule has 10 nitrogen and oxygen atoms in total. The first-order valence-electron chi connectivity index (χ1n) is 12.1. The molecule has 216 valence electrons. The highest BCUT2D eigenvalue weighted by molar-refractivity contribution is 7.89. The highest BCUT2D eigenvalue weighted by Crippen LogP contribution is 2.36. The van der Waals surface area contributed by atoms with E-state index in [-0.39, 0.29) is 49.5 Å². The highest BCUT2D eigenvalue weighted by Gasteiger charge is 2.26. The number of halogens is 1. The number of hydrogen-bond donors (Lipinski definition) is 0. The Balaban J connectivity index is 0.00000533. The minimum Gasteiger partial charge on any atom is -0.494 e. The van der Waals surface area contributed by atoms with Gasteiger partial charge in [-0.3, -0.25) is 9.69 Å². The SMILES string of the molecule is COCCN(CCOC)S(=O)(=O)c1ccc(C(=O)N(CCN(C)C)c2nc3c(OC)ccc(C)c3s2)cc1.Cl. The molecule has 1 aromatic heterocycles. The van der Waals surface area contributed by atoms with Crippen molar-refractivity contribution in [2.75, 3.05) is 79.7 Å². The standard InChI is InChI=1S/C26H36N4O6S2.ClH/c1-19-7-12-22(36-6)23-24(19)37-26(27-23)30(14-13-28(2)3)25(31)20-8-10-21(11-9-20)38(32,33)29(15-17-34-4)16-18-35-5;/h7-12H,13-18H2,1-6H3;1H. The monoisotopic (exact) mass is 600 g/mol. The van der Waals surface area contributed by atoms with E-state index in [9.17, 15) is 13.2 Å². The number of thiazole rings is 1. The van der Waals surface area contributed by atoms with Gasteiger partial charge < -0.3 is 19.1 Å². The summed E-state index contributed by atoms with van der Waals surface area (Å²) in [5.74, 6) is 0.385. The number of aromatic nitrogens is 1. The number of sulfonamides is 1. The lowest BCUT2D eigenvalue weighted by Crippen LogP contribution is -2.37. The zero-order valence-electron chi connectivity index (χ0n) is 23.2. The maximum absolute atomic E-state index is 13.7. The molecule has 0 aliphatic carbocycles. The van der Waals surface area contributed by atoms with Crippen molar-refractivity contribution in [3.8, 4) is 5.75 Å². The normalized spacial score (nSPS) is 11.7. The molecule has 3 aromatic rings. The van der Waals surface area contributed by atoms with Crippen LogP contribution in [0, 0.1) is 6.92 Å².